The van der Waals surface area contributed by atoms with Crippen LogP contribution in [-0.4, -0.2) is 32.1 Å². The maximum absolute atomic E-state index is 11.9. The summed E-state index contributed by atoms with van der Waals surface area (Å²) >= 11 is 3.42. The van der Waals surface area contributed by atoms with Gasteiger partial charge in [-0.25, -0.2) is 0 Å². The number of ether oxygens (including phenoxy) is 1. The molecule has 0 saturated heterocycles. The minimum Gasteiger partial charge on any atom is -0.466 e. The molecule has 2 aromatic heterocycles. The Morgan fingerprint density at radius 1 is 1.32 bits per heavy atom. The highest BCUT2D eigenvalue weighted by atomic mass is 79.9. The van der Waals surface area contributed by atoms with Crippen molar-refractivity contribution in [1.29, 1.82) is 0 Å². The lowest BCUT2D eigenvalue weighted by Crippen LogP contribution is -2.20. The van der Waals surface area contributed by atoms with E-state index in [9.17, 15) is 4.79 Å². The molecule has 114 valence electrons. The smallest absolute Gasteiger partial charge is 0.263 e. The molecule has 0 atom stereocenters. The number of carbonyl (C=O) groups excluding carboxylic acids is 1. The van der Waals surface area contributed by atoms with E-state index in [4.69, 9.17) is 4.74 Å². The van der Waals surface area contributed by atoms with Crippen LogP contribution in [0.5, 0.6) is 5.88 Å². The molecule has 0 spiro atoms. The fraction of sp³-hybridized carbons (Fsp3) is 0.214. The van der Waals surface area contributed by atoms with Crippen LogP contribution in [0.2, 0.25) is 0 Å². The van der Waals surface area contributed by atoms with Gasteiger partial charge in [0.15, 0.2) is 12.4 Å². The van der Waals surface area contributed by atoms with Crippen molar-refractivity contribution < 1.29 is 9.53 Å². The van der Waals surface area contributed by atoms with Crippen LogP contribution >= 0.6 is 15.9 Å². The Hall–Kier alpha value is -2.35. The number of hydrogen-bond donors (Lipinski definition) is 1. The average Bonchev–Trinajstić information content (AvgIpc) is 3.00. The minimum absolute atomic E-state index is 0.130. The molecule has 0 fully saturated rings. The monoisotopic (exact) mass is 363 g/mol. The minimum atomic E-state index is -0.285. The molecule has 1 aromatic carbocycles. The van der Waals surface area contributed by atoms with Gasteiger partial charge < -0.3 is 10.1 Å². The van der Waals surface area contributed by atoms with Crippen LogP contribution in [-0.2, 0) is 18.9 Å². The highest BCUT2D eigenvalue weighted by molar-refractivity contribution is 9.10. The molecule has 0 unspecified atom stereocenters. The zero-order valence-corrected chi connectivity index (χ0v) is 13.7. The maximum atomic E-state index is 11.9. The summed E-state index contributed by atoms with van der Waals surface area (Å²) in [5.41, 5.74) is 0.934. The largest absolute Gasteiger partial charge is 0.466 e. The summed E-state index contributed by atoms with van der Waals surface area (Å²) < 4.78 is 9.79. The van der Waals surface area contributed by atoms with Crippen molar-refractivity contribution in [2.24, 2.45) is 14.1 Å². The van der Waals surface area contributed by atoms with Crippen LogP contribution in [0.25, 0.3) is 10.9 Å². The van der Waals surface area contributed by atoms with Crippen molar-refractivity contribution in [3.05, 3.63) is 34.9 Å². The number of benzene rings is 1. The van der Waals surface area contributed by atoms with E-state index in [1.54, 1.807) is 28.7 Å². The lowest BCUT2D eigenvalue weighted by atomic mass is 10.2. The van der Waals surface area contributed by atoms with E-state index in [0.29, 0.717) is 11.7 Å². The molecule has 1 N–H and O–H groups in total. The van der Waals surface area contributed by atoms with Gasteiger partial charge in [-0.05, 0) is 18.2 Å². The van der Waals surface area contributed by atoms with Gasteiger partial charge in [-0.3, -0.25) is 14.2 Å². The first-order valence-corrected chi connectivity index (χ1v) is 7.37. The molecular formula is C14H14BrN5O2. The summed E-state index contributed by atoms with van der Waals surface area (Å²) in [6.07, 6.45) is 1.75. The maximum Gasteiger partial charge on any atom is 0.263 e. The molecule has 0 aliphatic carbocycles. The van der Waals surface area contributed by atoms with Crippen LogP contribution in [0.15, 0.2) is 34.9 Å². The number of anilines is 1. The molecule has 0 bridgehead atoms. The van der Waals surface area contributed by atoms with Gasteiger partial charge in [0.1, 0.15) is 0 Å². The van der Waals surface area contributed by atoms with E-state index >= 15 is 0 Å². The zero-order chi connectivity index (χ0) is 15.7. The van der Waals surface area contributed by atoms with Crippen LogP contribution in [0.3, 0.4) is 0 Å². The fourth-order valence-electron chi connectivity index (χ4n) is 2.11. The standard InChI is InChI=1S/C14H14BrN5O2/c1-19-6-5-12(17-19)16-13(21)8-22-14-10-7-9(15)3-4-11(10)20(2)18-14/h3-7H,8H2,1-2H3,(H,16,17,21). The highest BCUT2D eigenvalue weighted by Crippen LogP contribution is 2.27. The zero-order valence-electron chi connectivity index (χ0n) is 12.1. The topological polar surface area (TPSA) is 74.0 Å². The Balaban J connectivity index is 1.71. The summed E-state index contributed by atoms with van der Waals surface area (Å²) in [7, 11) is 3.61. The molecule has 3 aromatic rings. The second kappa shape index (κ2) is 5.80. The third-order valence-corrected chi connectivity index (χ3v) is 3.59. The molecule has 0 radical (unpaired) electrons. The van der Waals surface area contributed by atoms with E-state index in [-0.39, 0.29) is 12.5 Å². The van der Waals surface area contributed by atoms with E-state index in [1.807, 2.05) is 25.2 Å². The summed E-state index contributed by atoms with van der Waals surface area (Å²) in [5.74, 6) is 0.632. The summed E-state index contributed by atoms with van der Waals surface area (Å²) in [6.45, 7) is -0.130. The quantitative estimate of drug-likeness (QED) is 0.769. The molecule has 8 heteroatoms. The van der Waals surface area contributed by atoms with Gasteiger partial charge in [0, 0.05) is 30.8 Å². The van der Waals surface area contributed by atoms with Gasteiger partial charge in [-0.2, -0.15) is 5.10 Å². The van der Waals surface area contributed by atoms with Gasteiger partial charge in [0.05, 0.1) is 10.9 Å². The van der Waals surface area contributed by atoms with Crippen molar-refractivity contribution in [3.8, 4) is 5.88 Å². The lowest BCUT2D eigenvalue weighted by molar-refractivity contribution is -0.118. The lowest BCUT2D eigenvalue weighted by Gasteiger charge is -2.03. The molecule has 0 aliphatic rings. The molecule has 1 amide bonds. The predicted molar refractivity (Wildman–Crippen MR) is 85.7 cm³/mol. The third-order valence-electron chi connectivity index (χ3n) is 3.10. The number of nitrogens with zero attached hydrogens (tertiary/aromatic N) is 4. The van der Waals surface area contributed by atoms with Crippen LogP contribution in [0.4, 0.5) is 5.82 Å². The first kappa shape index (κ1) is 14.6. The second-order valence-corrected chi connectivity index (χ2v) is 5.72. The number of hydrogen-bond acceptors (Lipinski definition) is 4. The molecule has 2 heterocycles. The Labute approximate surface area is 135 Å². The van der Waals surface area contributed by atoms with E-state index < -0.39 is 0 Å². The first-order valence-electron chi connectivity index (χ1n) is 6.57. The van der Waals surface area contributed by atoms with Crippen molar-refractivity contribution in [3.63, 3.8) is 0 Å². The second-order valence-electron chi connectivity index (χ2n) is 4.80. The molecular weight excluding hydrogens is 350 g/mol. The molecule has 0 aliphatic heterocycles. The Morgan fingerprint density at radius 3 is 2.86 bits per heavy atom. The number of amides is 1. The van der Waals surface area contributed by atoms with Gasteiger partial charge in [-0.15, -0.1) is 5.10 Å². The van der Waals surface area contributed by atoms with Gasteiger partial charge in [0.2, 0.25) is 5.88 Å². The number of carbonyl (C=O) groups is 1. The number of nitrogens with one attached hydrogen (secondary N) is 1. The van der Waals surface area contributed by atoms with E-state index in [2.05, 4.69) is 31.4 Å². The fourth-order valence-corrected chi connectivity index (χ4v) is 2.47. The van der Waals surface area contributed by atoms with Crippen LogP contribution in [0.1, 0.15) is 0 Å². The molecule has 0 saturated carbocycles. The average molecular weight is 364 g/mol. The molecule has 22 heavy (non-hydrogen) atoms. The SMILES string of the molecule is Cn1ccc(NC(=O)COc2nn(C)c3ccc(Br)cc23)n1. The number of aromatic nitrogens is 4. The van der Waals surface area contributed by atoms with Crippen molar-refractivity contribution in [2.45, 2.75) is 0 Å². The number of halogens is 1. The molecule has 3 rings (SSSR count). The van der Waals surface area contributed by atoms with Gasteiger partial charge in [-0.1, -0.05) is 15.9 Å². The molecule has 7 nitrogen and oxygen atoms in total. The first-order chi connectivity index (χ1) is 10.5. The Bertz CT molecular complexity index is 839. The summed E-state index contributed by atoms with van der Waals surface area (Å²) in [4.78, 5) is 11.9. The van der Waals surface area contributed by atoms with E-state index in [0.717, 1.165) is 15.4 Å². The third kappa shape index (κ3) is 2.96. The van der Waals surface area contributed by atoms with Crippen molar-refractivity contribution in [2.75, 3.05) is 11.9 Å². The Morgan fingerprint density at radius 2 is 2.14 bits per heavy atom. The Kier molecular flexibility index (Phi) is 3.84. The normalized spacial score (nSPS) is 10.9. The number of rotatable bonds is 4. The predicted octanol–water partition coefficient (Wildman–Crippen LogP) is 2.09. The van der Waals surface area contributed by atoms with Crippen LogP contribution in [0, 0.1) is 0 Å². The number of fused-ring (bicyclic) bond motifs is 1. The summed E-state index contributed by atoms with van der Waals surface area (Å²) in [6, 6.07) is 7.49. The van der Waals surface area contributed by atoms with Crippen LogP contribution < -0.4 is 10.1 Å². The highest BCUT2D eigenvalue weighted by Gasteiger charge is 2.12. The summed E-state index contributed by atoms with van der Waals surface area (Å²) in [5, 5.41) is 11.9. The number of aryl methyl sites for hydroxylation is 2. The van der Waals surface area contributed by atoms with Gasteiger partial charge in [0.25, 0.3) is 5.91 Å². The van der Waals surface area contributed by atoms with Crippen molar-refractivity contribution in [1.82, 2.24) is 19.6 Å². The van der Waals surface area contributed by atoms with E-state index in [1.165, 1.54) is 0 Å². The van der Waals surface area contributed by atoms with Gasteiger partial charge >= 0.3 is 0 Å². The van der Waals surface area contributed by atoms with Crippen molar-refractivity contribution >= 4 is 38.6 Å².